The Labute approximate surface area is 110 Å². The number of hydrogen-bond acceptors (Lipinski definition) is 5. The van der Waals surface area contributed by atoms with Crippen LogP contribution in [0.15, 0.2) is 24.3 Å². The summed E-state index contributed by atoms with van der Waals surface area (Å²) in [7, 11) is 0. The van der Waals surface area contributed by atoms with Crippen molar-refractivity contribution >= 4 is 6.29 Å². The van der Waals surface area contributed by atoms with Crippen molar-refractivity contribution in [3.63, 3.8) is 0 Å². The molecule has 6 nitrogen and oxygen atoms in total. The summed E-state index contributed by atoms with van der Waals surface area (Å²) in [6.07, 6.45) is -0.319. The molecule has 1 aromatic carbocycles. The van der Waals surface area contributed by atoms with Crippen molar-refractivity contribution in [2.45, 2.75) is 25.2 Å². The smallest absolute Gasteiger partial charge is 0.221 e. The van der Waals surface area contributed by atoms with Gasteiger partial charge in [-0.15, -0.1) is 0 Å². The standard InChI is InChI=1S/C13H16N2O4/c1-9-2-4-10(5-3-9)13-12(7-15(17)18)14-6-11(8-16)19-13/h2-5,8,11-14H,6-7H2,1H3/t11-,12-,13?/m1/s1. The van der Waals surface area contributed by atoms with Gasteiger partial charge in [-0.1, -0.05) is 29.8 Å². The number of carbonyl (C=O) groups is 1. The third-order valence-electron chi connectivity index (χ3n) is 3.17. The van der Waals surface area contributed by atoms with E-state index in [0.29, 0.717) is 6.54 Å². The summed E-state index contributed by atoms with van der Waals surface area (Å²) < 4.78 is 5.64. The number of aryl methyl sites for hydroxylation is 1. The Balaban J connectivity index is 2.21. The fraction of sp³-hybridized carbons (Fsp3) is 0.462. The lowest BCUT2D eigenvalue weighted by molar-refractivity contribution is -0.487. The highest BCUT2D eigenvalue weighted by molar-refractivity contribution is 5.56. The third kappa shape index (κ3) is 3.36. The van der Waals surface area contributed by atoms with Crippen LogP contribution in [0.5, 0.6) is 0 Å². The molecular formula is C13H16N2O4. The molecule has 3 atom stereocenters. The largest absolute Gasteiger partial charge is 0.360 e. The molecular weight excluding hydrogens is 248 g/mol. The maximum absolute atomic E-state index is 10.8. The Bertz CT molecular complexity index is 460. The summed E-state index contributed by atoms with van der Waals surface area (Å²) in [4.78, 5) is 21.1. The molecule has 1 saturated heterocycles. The lowest BCUT2D eigenvalue weighted by Crippen LogP contribution is -2.51. The van der Waals surface area contributed by atoms with Gasteiger partial charge in [0, 0.05) is 11.5 Å². The molecule has 1 heterocycles. The SMILES string of the molecule is Cc1ccc(C2O[C@@H](C=O)CN[C@@H]2C[N+](=O)[O-])cc1. The minimum atomic E-state index is -0.561. The van der Waals surface area contributed by atoms with Crippen LogP contribution in [0.2, 0.25) is 0 Å². The quantitative estimate of drug-likeness (QED) is 0.495. The molecule has 0 amide bonds. The van der Waals surface area contributed by atoms with E-state index in [2.05, 4.69) is 5.32 Å². The Morgan fingerprint density at radius 3 is 2.74 bits per heavy atom. The normalized spacial score (nSPS) is 26.9. The Hall–Kier alpha value is -1.79. The first-order chi connectivity index (χ1) is 9.10. The average Bonchev–Trinajstić information content (AvgIpc) is 2.40. The number of morpholine rings is 1. The predicted octanol–water partition coefficient (Wildman–Crippen LogP) is 0.869. The van der Waals surface area contributed by atoms with E-state index in [1.54, 1.807) is 0 Å². The van der Waals surface area contributed by atoms with Crippen molar-refractivity contribution in [1.82, 2.24) is 5.32 Å². The molecule has 1 N–H and O–H groups in total. The fourth-order valence-corrected chi connectivity index (χ4v) is 2.17. The molecule has 0 bridgehead atoms. The van der Waals surface area contributed by atoms with Gasteiger partial charge in [-0.3, -0.25) is 10.1 Å². The first-order valence-corrected chi connectivity index (χ1v) is 6.12. The van der Waals surface area contributed by atoms with Crippen LogP contribution in [0, 0.1) is 17.0 Å². The Kier molecular flexibility index (Phi) is 4.24. The molecule has 1 unspecified atom stereocenters. The molecule has 2 rings (SSSR count). The van der Waals surface area contributed by atoms with Crippen molar-refractivity contribution in [2.75, 3.05) is 13.1 Å². The monoisotopic (exact) mass is 264 g/mol. The van der Waals surface area contributed by atoms with Crippen molar-refractivity contribution in [1.29, 1.82) is 0 Å². The van der Waals surface area contributed by atoms with Crippen LogP contribution in [0.4, 0.5) is 0 Å². The summed E-state index contributed by atoms with van der Waals surface area (Å²) in [6, 6.07) is 7.18. The van der Waals surface area contributed by atoms with Crippen molar-refractivity contribution in [3.05, 3.63) is 45.5 Å². The zero-order valence-electron chi connectivity index (χ0n) is 10.6. The van der Waals surface area contributed by atoms with E-state index in [-0.39, 0.29) is 11.5 Å². The number of benzene rings is 1. The van der Waals surface area contributed by atoms with E-state index in [0.717, 1.165) is 17.4 Å². The van der Waals surface area contributed by atoms with Gasteiger partial charge in [-0.05, 0) is 12.5 Å². The molecule has 0 spiro atoms. The first-order valence-electron chi connectivity index (χ1n) is 6.12. The Morgan fingerprint density at radius 1 is 1.47 bits per heavy atom. The zero-order chi connectivity index (χ0) is 13.8. The maximum atomic E-state index is 10.8. The predicted molar refractivity (Wildman–Crippen MR) is 68.5 cm³/mol. The zero-order valence-corrected chi connectivity index (χ0v) is 10.6. The van der Waals surface area contributed by atoms with Crippen LogP contribution in [0.25, 0.3) is 0 Å². The molecule has 0 radical (unpaired) electrons. The minimum Gasteiger partial charge on any atom is -0.360 e. The maximum Gasteiger partial charge on any atom is 0.221 e. The van der Waals surface area contributed by atoms with Crippen LogP contribution in [-0.2, 0) is 9.53 Å². The number of rotatable bonds is 4. The molecule has 0 aliphatic carbocycles. The van der Waals surface area contributed by atoms with Crippen LogP contribution >= 0.6 is 0 Å². The van der Waals surface area contributed by atoms with Gasteiger partial charge in [-0.2, -0.15) is 0 Å². The van der Waals surface area contributed by atoms with E-state index in [1.165, 1.54) is 0 Å². The molecule has 102 valence electrons. The number of nitrogens with zero attached hydrogens (tertiary/aromatic N) is 1. The van der Waals surface area contributed by atoms with Crippen LogP contribution < -0.4 is 5.32 Å². The molecule has 6 heteroatoms. The molecule has 1 aromatic rings. The van der Waals surface area contributed by atoms with Gasteiger partial charge >= 0.3 is 0 Å². The summed E-state index contributed by atoms with van der Waals surface area (Å²) >= 11 is 0. The van der Waals surface area contributed by atoms with E-state index < -0.39 is 18.2 Å². The summed E-state index contributed by atoms with van der Waals surface area (Å²) in [5, 5.41) is 13.7. The van der Waals surface area contributed by atoms with Crippen molar-refractivity contribution in [2.24, 2.45) is 0 Å². The highest BCUT2D eigenvalue weighted by atomic mass is 16.6. The molecule has 1 fully saturated rings. The number of nitrogens with one attached hydrogen (secondary N) is 1. The van der Waals surface area contributed by atoms with Gasteiger partial charge in [0.15, 0.2) is 0 Å². The van der Waals surface area contributed by atoms with Crippen molar-refractivity contribution < 1.29 is 14.5 Å². The summed E-state index contributed by atoms with van der Waals surface area (Å²) in [5.41, 5.74) is 1.95. The van der Waals surface area contributed by atoms with Gasteiger partial charge in [0.2, 0.25) is 6.54 Å². The van der Waals surface area contributed by atoms with Gasteiger partial charge < -0.3 is 14.8 Å². The molecule has 0 aromatic heterocycles. The minimum absolute atomic E-state index is 0.232. The van der Waals surface area contributed by atoms with Crippen LogP contribution in [-0.4, -0.2) is 36.4 Å². The molecule has 19 heavy (non-hydrogen) atoms. The fourth-order valence-electron chi connectivity index (χ4n) is 2.17. The van der Waals surface area contributed by atoms with E-state index in [4.69, 9.17) is 4.74 Å². The van der Waals surface area contributed by atoms with Gasteiger partial charge in [0.25, 0.3) is 0 Å². The second-order valence-corrected chi connectivity index (χ2v) is 4.67. The lowest BCUT2D eigenvalue weighted by Gasteiger charge is -2.33. The molecule has 0 saturated carbocycles. The molecule has 1 aliphatic rings. The highest BCUT2D eigenvalue weighted by Gasteiger charge is 2.34. The number of aldehydes is 1. The van der Waals surface area contributed by atoms with E-state index >= 15 is 0 Å². The van der Waals surface area contributed by atoms with Gasteiger partial charge in [0.1, 0.15) is 24.5 Å². The number of ether oxygens (including phenoxy) is 1. The Morgan fingerprint density at radius 2 is 2.16 bits per heavy atom. The summed E-state index contributed by atoms with van der Waals surface area (Å²) in [6.45, 7) is 2.04. The summed E-state index contributed by atoms with van der Waals surface area (Å²) in [5.74, 6) is 0. The van der Waals surface area contributed by atoms with E-state index in [9.17, 15) is 14.9 Å². The third-order valence-corrected chi connectivity index (χ3v) is 3.17. The first kappa shape index (κ1) is 13.6. The number of carbonyl (C=O) groups excluding carboxylic acids is 1. The number of hydrogen-bond donors (Lipinski definition) is 1. The lowest BCUT2D eigenvalue weighted by atomic mass is 9.99. The van der Waals surface area contributed by atoms with Crippen LogP contribution in [0.1, 0.15) is 17.2 Å². The average molecular weight is 264 g/mol. The number of nitro groups is 1. The highest BCUT2D eigenvalue weighted by Crippen LogP contribution is 2.26. The van der Waals surface area contributed by atoms with E-state index in [1.807, 2.05) is 31.2 Å². The van der Waals surface area contributed by atoms with Gasteiger partial charge in [0.05, 0.1) is 0 Å². The second kappa shape index (κ2) is 5.90. The van der Waals surface area contributed by atoms with Gasteiger partial charge in [-0.25, -0.2) is 0 Å². The van der Waals surface area contributed by atoms with Crippen LogP contribution in [0.3, 0.4) is 0 Å². The second-order valence-electron chi connectivity index (χ2n) is 4.67. The molecule has 1 aliphatic heterocycles. The van der Waals surface area contributed by atoms with Crippen molar-refractivity contribution in [3.8, 4) is 0 Å². The topological polar surface area (TPSA) is 81.5 Å².